The Labute approximate surface area is 187 Å². The number of hydrogen-bond donors (Lipinski definition) is 1. The molecule has 2 aromatic carbocycles. The number of anilines is 1. The Hall–Kier alpha value is -3.85. The van der Waals surface area contributed by atoms with Gasteiger partial charge >= 0.3 is 0 Å². The largest absolute Gasteiger partial charge is 0.457 e. The molecule has 3 aromatic rings. The Bertz CT molecular complexity index is 1130. The highest BCUT2D eigenvalue weighted by Crippen LogP contribution is 2.43. The number of piperidine rings is 1. The molecule has 0 unspecified atom stereocenters. The molecule has 1 aromatic heterocycles. The number of pyridine rings is 1. The molecule has 6 nitrogen and oxygen atoms in total. The molecule has 0 aliphatic carbocycles. The average molecular weight is 425 g/mol. The van der Waals surface area contributed by atoms with E-state index in [4.69, 9.17) is 4.74 Å². The van der Waals surface area contributed by atoms with E-state index < -0.39 is 0 Å². The molecular weight excluding hydrogens is 400 g/mol. The summed E-state index contributed by atoms with van der Waals surface area (Å²) in [5.41, 5.74) is 2.41. The summed E-state index contributed by atoms with van der Waals surface area (Å²) in [5.74, 6) is 2.27. The van der Waals surface area contributed by atoms with Gasteiger partial charge in [-0.15, -0.1) is 0 Å². The summed E-state index contributed by atoms with van der Waals surface area (Å²) in [7, 11) is 0. The average Bonchev–Trinajstić information content (AvgIpc) is 2.86. The van der Waals surface area contributed by atoms with Crippen LogP contribution in [0.25, 0.3) is 0 Å². The molecule has 1 amide bonds. The monoisotopic (exact) mass is 424 g/mol. The van der Waals surface area contributed by atoms with Gasteiger partial charge in [-0.3, -0.25) is 4.79 Å². The number of nitrogens with one attached hydrogen (secondary N) is 1. The normalized spacial score (nSPS) is 15.8. The molecule has 0 bridgehead atoms. The minimum atomic E-state index is -0.372. The second-order valence-corrected chi connectivity index (χ2v) is 8.27. The number of rotatable bonds is 4. The highest BCUT2D eigenvalue weighted by atomic mass is 16.5. The van der Waals surface area contributed by atoms with Crippen LogP contribution in [0.2, 0.25) is 0 Å². The van der Waals surface area contributed by atoms with Gasteiger partial charge in [-0.05, 0) is 43.0 Å². The van der Waals surface area contributed by atoms with E-state index in [1.54, 1.807) is 18.3 Å². The van der Waals surface area contributed by atoms with Gasteiger partial charge in [0.1, 0.15) is 23.4 Å². The first-order chi connectivity index (χ1) is 15.7. The topological polar surface area (TPSA) is 78.3 Å². The van der Waals surface area contributed by atoms with Crippen LogP contribution in [-0.4, -0.2) is 30.5 Å². The maximum atomic E-state index is 13.3. The van der Waals surface area contributed by atoms with Gasteiger partial charge in [0.2, 0.25) is 5.91 Å². The molecule has 0 saturated carbocycles. The van der Waals surface area contributed by atoms with Crippen molar-refractivity contribution < 1.29 is 9.53 Å². The van der Waals surface area contributed by atoms with Crippen LogP contribution in [-0.2, 0) is 4.79 Å². The molecule has 6 heteroatoms. The van der Waals surface area contributed by atoms with E-state index in [2.05, 4.69) is 21.3 Å². The number of aromatic nitrogens is 1. The molecule has 32 heavy (non-hydrogen) atoms. The Morgan fingerprint density at radius 2 is 1.69 bits per heavy atom. The number of benzene rings is 2. The summed E-state index contributed by atoms with van der Waals surface area (Å²) in [6.07, 6.45) is 3.62. The molecule has 0 spiro atoms. The zero-order valence-corrected chi connectivity index (χ0v) is 17.7. The lowest BCUT2D eigenvalue weighted by Crippen LogP contribution is -2.40. The highest BCUT2D eigenvalue weighted by Gasteiger charge is 2.32. The number of ether oxygens (including phenoxy) is 1. The first-order valence-corrected chi connectivity index (χ1v) is 11.0. The lowest BCUT2D eigenvalue weighted by molar-refractivity contribution is -0.122. The van der Waals surface area contributed by atoms with Crippen molar-refractivity contribution in [2.24, 2.45) is 5.92 Å². The van der Waals surface area contributed by atoms with Crippen molar-refractivity contribution in [2.75, 3.05) is 24.5 Å². The Balaban J connectivity index is 1.24. The summed E-state index contributed by atoms with van der Waals surface area (Å²) in [6, 6.07) is 21.3. The van der Waals surface area contributed by atoms with Crippen LogP contribution < -0.4 is 15.0 Å². The van der Waals surface area contributed by atoms with Crippen molar-refractivity contribution in [3.8, 4) is 17.6 Å². The van der Waals surface area contributed by atoms with Crippen LogP contribution >= 0.6 is 0 Å². The molecule has 5 rings (SSSR count). The van der Waals surface area contributed by atoms with Gasteiger partial charge in [-0.2, -0.15) is 5.26 Å². The second kappa shape index (κ2) is 8.72. The maximum absolute atomic E-state index is 13.3. The molecule has 160 valence electrons. The molecule has 0 atom stereocenters. The highest BCUT2D eigenvalue weighted by molar-refractivity contribution is 5.89. The second-order valence-electron chi connectivity index (χ2n) is 8.27. The van der Waals surface area contributed by atoms with Gasteiger partial charge in [0, 0.05) is 37.0 Å². The Morgan fingerprint density at radius 1 is 1.03 bits per heavy atom. The summed E-state index contributed by atoms with van der Waals surface area (Å²) in [4.78, 5) is 19.9. The third-order valence-corrected chi connectivity index (χ3v) is 6.33. The fourth-order valence-corrected chi connectivity index (χ4v) is 4.62. The summed E-state index contributed by atoms with van der Waals surface area (Å²) < 4.78 is 6.01. The summed E-state index contributed by atoms with van der Waals surface area (Å²) in [6.45, 7) is 2.30. The first-order valence-electron chi connectivity index (χ1n) is 11.0. The number of nitrogens with zero attached hydrogens (tertiary/aromatic N) is 3. The van der Waals surface area contributed by atoms with E-state index in [0.717, 1.165) is 54.4 Å². The van der Waals surface area contributed by atoms with E-state index in [1.165, 1.54) is 0 Å². The van der Waals surface area contributed by atoms with Crippen molar-refractivity contribution in [3.63, 3.8) is 0 Å². The quantitative estimate of drug-likeness (QED) is 0.678. The van der Waals surface area contributed by atoms with E-state index >= 15 is 0 Å². The molecule has 1 N–H and O–H groups in total. The van der Waals surface area contributed by atoms with Gasteiger partial charge in [-0.1, -0.05) is 36.4 Å². The minimum absolute atomic E-state index is 0.00659. The van der Waals surface area contributed by atoms with E-state index in [9.17, 15) is 10.1 Å². The molecule has 1 fully saturated rings. The maximum Gasteiger partial charge on any atom is 0.232 e. The predicted octanol–water partition coefficient (Wildman–Crippen LogP) is 4.22. The van der Waals surface area contributed by atoms with Crippen LogP contribution in [0.15, 0.2) is 66.9 Å². The molecular formula is C26H24N4O2. The third-order valence-electron chi connectivity index (χ3n) is 6.33. The predicted molar refractivity (Wildman–Crippen MR) is 122 cm³/mol. The first kappa shape index (κ1) is 20.1. The van der Waals surface area contributed by atoms with Crippen LogP contribution in [0.4, 0.5) is 5.82 Å². The summed E-state index contributed by atoms with van der Waals surface area (Å²) >= 11 is 0. The molecule has 0 radical (unpaired) electrons. The Kier molecular flexibility index (Phi) is 5.47. The molecule has 1 saturated heterocycles. The third kappa shape index (κ3) is 3.78. The van der Waals surface area contributed by atoms with Crippen molar-refractivity contribution in [1.82, 2.24) is 10.3 Å². The zero-order valence-electron chi connectivity index (χ0n) is 17.7. The van der Waals surface area contributed by atoms with Gasteiger partial charge in [-0.25, -0.2) is 4.98 Å². The smallest absolute Gasteiger partial charge is 0.232 e. The van der Waals surface area contributed by atoms with E-state index in [0.29, 0.717) is 18.0 Å². The van der Waals surface area contributed by atoms with Crippen molar-refractivity contribution in [2.45, 2.75) is 18.8 Å². The molecule has 2 aliphatic heterocycles. The number of amides is 1. The molecule has 3 heterocycles. The van der Waals surface area contributed by atoms with E-state index in [-0.39, 0.29) is 11.8 Å². The van der Waals surface area contributed by atoms with Gasteiger partial charge in [0.15, 0.2) is 0 Å². The number of carbonyl (C=O) groups is 1. The molecule has 2 aliphatic rings. The van der Waals surface area contributed by atoms with Gasteiger partial charge in [0.25, 0.3) is 0 Å². The number of para-hydroxylation sites is 2. The van der Waals surface area contributed by atoms with Crippen molar-refractivity contribution >= 4 is 11.7 Å². The fourth-order valence-electron chi connectivity index (χ4n) is 4.62. The number of nitriles is 1. The van der Waals surface area contributed by atoms with Gasteiger partial charge < -0.3 is 15.0 Å². The van der Waals surface area contributed by atoms with E-state index in [1.807, 2.05) is 48.5 Å². The number of carbonyl (C=O) groups excluding carboxylic acids is 1. The fraction of sp³-hybridized carbons (Fsp3) is 0.269. The lowest BCUT2D eigenvalue weighted by Gasteiger charge is -2.33. The van der Waals surface area contributed by atoms with Crippen LogP contribution in [0, 0.1) is 17.2 Å². The van der Waals surface area contributed by atoms with Crippen LogP contribution in [0.1, 0.15) is 35.4 Å². The number of hydrogen-bond acceptors (Lipinski definition) is 5. The standard InChI is InChI=1S/C26H24N4O2/c27-16-19-6-5-13-28-25(19)30-14-11-18(12-15-30)17-29-26(31)24-20-7-1-3-9-22(20)32-23-10-4-2-8-21(23)24/h1-10,13,18,24H,11-12,14-15,17H2,(H,29,31). The zero-order chi connectivity index (χ0) is 21.9. The summed E-state index contributed by atoms with van der Waals surface area (Å²) in [5, 5.41) is 12.5. The lowest BCUT2D eigenvalue weighted by atomic mass is 9.87. The SMILES string of the molecule is N#Cc1cccnc1N1CCC(CNC(=O)C2c3ccccc3Oc3ccccc32)CC1. The van der Waals surface area contributed by atoms with Crippen LogP contribution in [0.3, 0.4) is 0 Å². The van der Waals surface area contributed by atoms with Crippen LogP contribution in [0.5, 0.6) is 11.5 Å². The van der Waals surface area contributed by atoms with Crippen molar-refractivity contribution in [1.29, 1.82) is 5.26 Å². The van der Waals surface area contributed by atoms with Crippen molar-refractivity contribution in [3.05, 3.63) is 83.6 Å². The minimum Gasteiger partial charge on any atom is -0.457 e. The van der Waals surface area contributed by atoms with Gasteiger partial charge in [0.05, 0.1) is 11.5 Å². The Morgan fingerprint density at radius 3 is 2.34 bits per heavy atom. The number of fused-ring (bicyclic) bond motifs is 2.